The number of benzene rings is 1. The molecule has 2 aromatic heterocycles. The zero-order valence-corrected chi connectivity index (χ0v) is 19.3. The average molecular weight is 493 g/mol. The van der Waals surface area contributed by atoms with Crippen molar-refractivity contribution in [3.05, 3.63) is 39.2 Å². The van der Waals surface area contributed by atoms with Gasteiger partial charge in [0.15, 0.2) is 5.16 Å². The molecule has 0 radical (unpaired) electrons. The molecule has 152 valence electrons. The fourth-order valence-corrected chi connectivity index (χ4v) is 5.34. The first-order valence-electron chi connectivity index (χ1n) is 9.28. The van der Waals surface area contributed by atoms with Crippen LogP contribution in [-0.2, 0) is 22.6 Å². The van der Waals surface area contributed by atoms with E-state index < -0.39 is 0 Å². The van der Waals surface area contributed by atoms with Crippen LogP contribution in [0.4, 0.5) is 11.5 Å². The van der Waals surface area contributed by atoms with E-state index in [9.17, 15) is 4.79 Å². The van der Waals surface area contributed by atoms with Crippen LogP contribution >= 0.6 is 39.0 Å². The van der Waals surface area contributed by atoms with Crippen molar-refractivity contribution in [1.29, 1.82) is 0 Å². The normalized spacial score (nSPS) is 16.2. The summed E-state index contributed by atoms with van der Waals surface area (Å²) >= 11 is 6.27. The summed E-state index contributed by atoms with van der Waals surface area (Å²) in [6, 6.07) is 7.45. The lowest BCUT2D eigenvalue weighted by atomic mass is 9.96. The topological polar surface area (TPSA) is 90.1 Å². The van der Waals surface area contributed by atoms with Crippen LogP contribution in [0.3, 0.4) is 0 Å². The number of nitrogens with one attached hydrogen (secondary N) is 1. The zero-order chi connectivity index (χ0) is 20.5. The Balaban J connectivity index is 1.48. The van der Waals surface area contributed by atoms with Crippen LogP contribution in [0, 0.1) is 5.92 Å². The Morgan fingerprint density at radius 3 is 2.86 bits per heavy atom. The van der Waals surface area contributed by atoms with Crippen molar-refractivity contribution >= 4 is 66.7 Å². The van der Waals surface area contributed by atoms with E-state index in [0.29, 0.717) is 23.5 Å². The van der Waals surface area contributed by atoms with Gasteiger partial charge in [-0.2, -0.15) is 0 Å². The van der Waals surface area contributed by atoms with Crippen molar-refractivity contribution in [3.63, 3.8) is 0 Å². The lowest BCUT2D eigenvalue weighted by Gasteiger charge is -2.26. The predicted octanol–water partition coefficient (Wildman–Crippen LogP) is 4.86. The third kappa shape index (κ3) is 4.58. The van der Waals surface area contributed by atoms with Crippen LogP contribution in [0.5, 0.6) is 0 Å². The van der Waals surface area contributed by atoms with E-state index in [1.165, 1.54) is 22.2 Å². The van der Waals surface area contributed by atoms with Gasteiger partial charge in [-0.25, -0.2) is 9.97 Å². The highest BCUT2D eigenvalue weighted by atomic mass is 79.9. The van der Waals surface area contributed by atoms with Crippen LogP contribution in [0.2, 0.25) is 0 Å². The summed E-state index contributed by atoms with van der Waals surface area (Å²) in [7, 11) is 0. The summed E-state index contributed by atoms with van der Waals surface area (Å²) in [5.41, 5.74) is 8.26. The number of nitrogens with zero attached hydrogens (tertiary/aromatic N) is 2. The van der Waals surface area contributed by atoms with E-state index >= 15 is 0 Å². The van der Waals surface area contributed by atoms with E-state index in [2.05, 4.69) is 45.1 Å². The maximum atomic E-state index is 12.2. The summed E-state index contributed by atoms with van der Waals surface area (Å²) in [4.78, 5) is 23.4. The second-order valence-electron chi connectivity index (χ2n) is 7.22. The summed E-state index contributed by atoms with van der Waals surface area (Å²) in [6.45, 7) is 4.92. The number of aromatic nitrogens is 2. The number of anilines is 2. The number of amides is 1. The standard InChI is InChI=1S/C20H21BrN4O2S2/c1-10(2)14-7-13-15(8-27-14)29-19-17(13)18(22)24-20(25-19)28-9-16(26)23-12-5-3-11(21)4-6-12/h3-6,10,14H,7-9H2,1-2H3,(H,23,26)(H2,22,24,25). The summed E-state index contributed by atoms with van der Waals surface area (Å²) in [6.07, 6.45) is 1.03. The van der Waals surface area contributed by atoms with Gasteiger partial charge < -0.3 is 15.8 Å². The molecule has 1 aliphatic heterocycles. The van der Waals surface area contributed by atoms with Gasteiger partial charge in [0.05, 0.1) is 23.8 Å². The molecule has 1 amide bonds. The van der Waals surface area contributed by atoms with Crippen LogP contribution in [0.25, 0.3) is 10.2 Å². The fraction of sp³-hybridized carbons (Fsp3) is 0.350. The highest BCUT2D eigenvalue weighted by Gasteiger charge is 2.27. The molecule has 1 atom stereocenters. The quantitative estimate of drug-likeness (QED) is 0.390. The van der Waals surface area contributed by atoms with Crippen molar-refractivity contribution in [2.24, 2.45) is 5.92 Å². The molecule has 3 heterocycles. The first-order chi connectivity index (χ1) is 13.9. The van der Waals surface area contributed by atoms with E-state index in [1.54, 1.807) is 11.3 Å². The monoisotopic (exact) mass is 492 g/mol. The van der Waals surface area contributed by atoms with Gasteiger partial charge in [0.25, 0.3) is 0 Å². The summed E-state index contributed by atoms with van der Waals surface area (Å²) in [5, 5.41) is 4.33. The van der Waals surface area contributed by atoms with E-state index in [4.69, 9.17) is 10.5 Å². The molecule has 0 bridgehead atoms. The molecule has 6 nitrogen and oxygen atoms in total. The number of ether oxygens (including phenoxy) is 1. The highest BCUT2D eigenvalue weighted by Crippen LogP contribution is 2.39. The Morgan fingerprint density at radius 1 is 1.38 bits per heavy atom. The predicted molar refractivity (Wildman–Crippen MR) is 122 cm³/mol. The molecule has 3 aromatic rings. The summed E-state index contributed by atoms with van der Waals surface area (Å²) in [5.74, 6) is 1.02. The number of hydrogen-bond acceptors (Lipinski definition) is 7. The lowest BCUT2D eigenvalue weighted by molar-refractivity contribution is -0.113. The number of thioether (sulfide) groups is 1. The Kier molecular flexibility index (Phi) is 6.10. The molecule has 0 aliphatic carbocycles. The van der Waals surface area contributed by atoms with Gasteiger partial charge in [-0.3, -0.25) is 4.79 Å². The summed E-state index contributed by atoms with van der Waals surface area (Å²) < 4.78 is 6.93. The molecule has 29 heavy (non-hydrogen) atoms. The van der Waals surface area contributed by atoms with Gasteiger partial charge in [-0.15, -0.1) is 11.3 Å². The highest BCUT2D eigenvalue weighted by molar-refractivity contribution is 9.10. The van der Waals surface area contributed by atoms with Crippen molar-refractivity contribution in [1.82, 2.24) is 9.97 Å². The Labute approximate surface area is 185 Å². The van der Waals surface area contributed by atoms with Crippen molar-refractivity contribution < 1.29 is 9.53 Å². The van der Waals surface area contributed by atoms with Crippen LogP contribution in [0.15, 0.2) is 33.9 Å². The number of fused-ring (bicyclic) bond motifs is 3. The minimum atomic E-state index is -0.113. The first-order valence-corrected chi connectivity index (χ1v) is 11.9. The Morgan fingerprint density at radius 2 is 2.14 bits per heavy atom. The third-order valence-electron chi connectivity index (χ3n) is 4.78. The number of carbonyl (C=O) groups excluding carboxylic acids is 1. The minimum absolute atomic E-state index is 0.113. The number of carbonyl (C=O) groups is 1. The van der Waals surface area contributed by atoms with Gasteiger partial charge in [0.2, 0.25) is 5.91 Å². The van der Waals surface area contributed by atoms with Gasteiger partial charge in [-0.1, -0.05) is 41.5 Å². The van der Waals surface area contributed by atoms with Crippen molar-refractivity contribution in [2.45, 2.75) is 38.1 Å². The van der Waals surface area contributed by atoms with E-state index in [-0.39, 0.29) is 17.8 Å². The molecule has 0 saturated carbocycles. The maximum Gasteiger partial charge on any atom is 0.234 e. The molecule has 3 N–H and O–H groups in total. The van der Waals surface area contributed by atoms with Gasteiger partial charge in [0, 0.05) is 21.5 Å². The molecular formula is C20H21BrN4O2S2. The number of thiophene rings is 1. The molecule has 0 saturated heterocycles. The Hall–Kier alpha value is -1.68. The number of hydrogen-bond donors (Lipinski definition) is 2. The maximum absolute atomic E-state index is 12.2. The number of nitrogen functional groups attached to an aromatic ring is 1. The minimum Gasteiger partial charge on any atom is -0.383 e. The molecule has 0 spiro atoms. The number of nitrogens with two attached hydrogens (primary N) is 1. The smallest absolute Gasteiger partial charge is 0.234 e. The van der Waals surface area contributed by atoms with E-state index in [0.717, 1.165) is 26.8 Å². The van der Waals surface area contributed by atoms with E-state index in [1.807, 2.05) is 24.3 Å². The number of halogens is 1. The lowest BCUT2D eigenvalue weighted by Crippen LogP contribution is -2.26. The molecule has 1 unspecified atom stereocenters. The van der Waals surface area contributed by atoms with Gasteiger partial charge >= 0.3 is 0 Å². The van der Waals surface area contributed by atoms with Crippen LogP contribution < -0.4 is 11.1 Å². The Bertz CT molecular complexity index is 1050. The average Bonchev–Trinajstić information content (AvgIpc) is 3.06. The molecule has 9 heteroatoms. The van der Waals surface area contributed by atoms with Crippen molar-refractivity contribution in [3.8, 4) is 0 Å². The molecule has 4 rings (SSSR count). The molecule has 0 fully saturated rings. The van der Waals surface area contributed by atoms with Crippen LogP contribution in [0.1, 0.15) is 24.3 Å². The second-order valence-corrected chi connectivity index (χ2v) is 10.2. The molecule has 1 aromatic carbocycles. The first kappa shape index (κ1) is 20.6. The van der Waals surface area contributed by atoms with Crippen LogP contribution in [-0.4, -0.2) is 27.7 Å². The molecule has 1 aliphatic rings. The van der Waals surface area contributed by atoms with Gasteiger partial charge in [0.1, 0.15) is 10.6 Å². The fourth-order valence-electron chi connectivity index (χ4n) is 3.24. The third-order valence-corrected chi connectivity index (χ3v) is 7.25. The van der Waals surface area contributed by atoms with Crippen molar-refractivity contribution in [2.75, 3.05) is 16.8 Å². The number of rotatable bonds is 5. The van der Waals surface area contributed by atoms with Gasteiger partial charge in [-0.05, 0) is 35.7 Å². The SMILES string of the molecule is CC(C)C1Cc2c(sc3nc(SCC(=O)Nc4ccc(Br)cc4)nc(N)c23)CO1. The molecular weight excluding hydrogens is 472 g/mol. The zero-order valence-electron chi connectivity index (χ0n) is 16.1. The largest absolute Gasteiger partial charge is 0.383 e. The second kappa shape index (κ2) is 8.59.